The van der Waals surface area contributed by atoms with Crippen molar-refractivity contribution in [3.05, 3.63) is 71.8 Å². The number of aliphatic hydroxyl groups excluding tert-OH is 1. The second kappa shape index (κ2) is 10.6. The Morgan fingerprint density at radius 2 is 1.74 bits per heavy atom. The van der Waals surface area contributed by atoms with Gasteiger partial charge in [0.2, 0.25) is 11.8 Å². The van der Waals surface area contributed by atoms with Crippen molar-refractivity contribution in [2.24, 2.45) is 0 Å². The fourth-order valence-corrected chi connectivity index (χ4v) is 4.85. The van der Waals surface area contributed by atoms with Crippen LogP contribution in [0, 0.1) is 0 Å². The zero-order chi connectivity index (χ0) is 25.0. The first-order valence-corrected chi connectivity index (χ1v) is 11.9. The first kappa shape index (κ1) is 24.8. The maximum Gasteiger partial charge on any atom is 0.268 e. The molecule has 2 aliphatic heterocycles. The Morgan fingerprint density at radius 3 is 2.31 bits per heavy atom. The highest BCUT2D eigenvalue weighted by atomic mass is 16.7. The first-order chi connectivity index (χ1) is 16.9. The number of hydrogen-bond acceptors (Lipinski definition) is 6. The topological polar surface area (TPSA) is 111 Å². The van der Waals surface area contributed by atoms with E-state index in [1.807, 2.05) is 65.6 Å². The van der Waals surface area contributed by atoms with E-state index in [2.05, 4.69) is 10.6 Å². The molecular weight excluding hydrogens is 448 g/mol. The summed E-state index contributed by atoms with van der Waals surface area (Å²) in [6.45, 7) is 2.49. The SMILES string of the molecule is CNC(=O)[C@@H](NC(=O)C1CCC2(CN(OCc3ccccc3)C2=O)N1Cc1ccccc1)[C@@H](C)O. The third-order valence-corrected chi connectivity index (χ3v) is 6.82. The van der Waals surface area contributed by atoms with Gasteiger partial charge in [-0.1, -0.05) is 60.7 Å². The molecule has 186 valence electrons. The Morgan fingerprint density at radius 1 is 1.11 bits per heavy atom. The molecular formula is C26H32N4O5. The van der Waals surface area contributed by atoms with Crippen molar-refractivity contribution >= 4 is 17.7 Å². The van der Waals surface area contributed by atoms with Crippen molar-refractivity contribution in [1.29, 1.82) is 0 Å². The average Bonchev–Trinajstić information content (AvgIpc) is 3.25. The number of likely N-dealkylation sites (N-methyl/N-ethyl adjacent to an activating group) is 1. The Bertz CT molecular complexity index is 1050. The summed E-state index contributed by atoms with van der Waals surface area (Å²) in [6.07, 6.45) is -0.109. The molecule has 0 saturated carbocycles. The Labute approximate surface area is 205 Å². The zero-order valence-electron chi connectivity index (χ0n) is 20.0. The summed E-state index contributed by atoms with van der Waals surface area (Å²) in [5.41, 5.74) is 1.09. The molecule has 2 fully saturated rings. The van der Waals surface area contributed by atoms with Gasteiger partial charge in [-0.25, -0.2) is 5.06 Å². The van der Waals surface area contributed by atoms with Gasteiger partial charge in [-0.15, -0.1) is 0 Å². The summed E-state index contributed by atoms with van der Waals surface area (Å²) in [6, 6.07) is 17.6. The van der Waals surface area contributed by atoms with Crippen molar-refractivity contribution in [3.63, 3.8) is 0 Å². The summed E-state index contributed by atoms with van der Waals surface area (Å²) in [5, 5.41) is 16.6. The maximum atomic E-state index is 13.4. The molecule has 2 aromatic carbocycles. The quantitative estimate of drug-likeness (QED) is 0.462. The maximum absolute atomic E-state index is 13.4. The first-order valence-electron chi connectivity index (χ1n) is 11.9. The highest BCUT2D eigenvalue weighted by Gasteiger charge is 2.62. The number of hydroxylamine groups is 2. The monoisotopic (exact) mass is 480 g/mol. The third kappa shape index (κ3) is 5.07. The molecule has 9 heteroatoms. The van der Waals surface area contributed by atoms with Gasteiger partial charge in [0.25, 0.3) is 5.91 Å². The second-order valence-corrected chi connectivity index (χ2v) is 9.14. The van der Waals surface area contributed by atoms with Crippen molar-refractivity contribution in [2.75, 3.05) is 13.6 Å². The number of carbonyl (C=O) groups is 3. The van der Waals surface area contributed by atoms with Gasteiger partial charge in [-0.3, -0.25) is 24.1 Å². The Kier molecular flexibility index (Phi) is 7.49. The number of nitrogens with one attached hydrogen (secondary N) is 2. The van der Waals surface area contributed by atoms with Gasteiger partial charge >= 0.3 is 0 Å². The average molecular weight is 481 g/mol. The molecule has 0 aliphatic carbocycles. The lowest BCUT2D eigenvalue weighted by molar-refractivity contribution is -0.244. The highest BCUT2D eigenvalue weighted by molar-refractivity contribution is 5.95. The molecule has 2 aromatic rings. The van der Waals surface area contributed by atoms with Gasteiger partial charge in [0.15, 0.2) is 0 Å². The van der Waals surface area contributed by atoms with Gasteiger partial charge in [0.1, 0.15) is 18.2 Å². The van der Waals surface area contributed by atoms with Crippen LogP contribution in [0.1, 0.15) is 30.9 Å². The molecule has 2 heterocycles. The van der Waals surface area contributed by atoms with E-state index in [9.17, 15) is 19.5 Å². The summed E-state index contributed by atoms with van der Waals surface area (Å²) >= 11 is 0. The van der Waals surface area contributed by atoms with Gasteiger partial charge < -0.3 is 15.7 Å². The van der Waals surface area contributed by atoms with Gasteiger partial charge in [0, 0.05) is 13.6 Å². The molecule has 0 aromatic heterocycles. The molecule has 2 aliphatic rings. The minimum absolute atomic E-state index is 0.168. The number of hydrogen-bond donors (Lipinski definition) is 3. The van der Waals surface area contributed by atoms with Crippen molar-refractivity contribution in [1.82, 2.24) is 20.6 Å². The fourth-order valence-electron chi connectivity index (χ4n) is 4.85. The van der Waals surface area contributed by atoms with Crippen LogP contribution in [0.4, 0.5) is 0 Å². The molecule has 3 amide bonds. The smallest absolute Gasteiger partial charge is 0.268 e. The van der Waals surface area contributed by atoms with Crippen LogP contribution in [-0.2, 0) is 32.4 Å². The number of carbonyl (C=O) groups excluding carboxylic acids is 3. The molecule has 35 heavy (non-hydrogen) atoms. The number of rotatable bonds is 9. The standard InChI is InChI=1S/C26H32N4O5/c1-18(31)22(24(33)27-2)28-23(32)21-13-14-26(29(21)15-19-9-5-3-6-10-19)17-30(25(26)34)35-16-20-11-7-4-8-12-20/h3-12,18,21-22,31H,13-17H2,1-2H3,(H,27,33)(H,28,32)/t18-,21?,22+,26?/m1/s1. The van der Waals surface area contributed by atoms with Crippen LogP contribution in [0.5, 0.6) is 0 Å². The van der Waals surface area contributed by atoms with E-state index in [4.69, 9.17) is 4.84 Å². The zero-order valence-corrected chi connectivity index (χ0v) is 20.0. The van der Waals surface area contributed by atoms with Crippen LogP contribution in [-0.4, -0.2) is 70.1 Å². The van der Waals surface area contributed by atoms with Crippen molar-refractivity contribution in [2.45, 2.75) is 56.6 Å². The van der Waals surface area contributed by atoms with Gasteiger partial charge in [-0.2, -0.15) is 0 Å². The van der Waals surface area contributed by atoms with E-state index >= 15 is 0 Å². The van der Waals surface area contributed by atoms with Gasteiger partial charge in [-0.05, 0) is 30.9 Å². The summed E-state index contributed by atoms with van der Waals surface area (Å²) in [5.74, 6) is -1.03. The molecule has 2 unspecified atom stereocenters. The molecule has 3 N–H and O–H groups in total. The van der Waals surface area contributed by atoms with E-state index in [1.165, 1.54) is 19.0 Å². The van der Waals surface area contributed by atoms with Crippen LogP contribution in [0.15, 0.2) is 60.7 Å². The van der Waals surface area contributed by atoms with Crippen LogP contribution in [0.2, 0.25) is 0 Å². The number of nitrogens with zero attached hydrogens (tertiary/aromatic N) is 2. The lowest BCUT2D eigenvalue weighted by atomic mass is 9.87. The van der Waals surface area contributed by atoms with Crippen LogP contribution < -0.4 is 10.6 Å². The Balaban J connectivity index is 1.51. The number of amides is 3. The van der Waals surface area contributed by atoms with Crippen LogP contribution >= 0.6 is 0 Å². The largest absolute Gasteiger partial charge is 0.391 e. The lowest BCUT2D eigenvalue weighted by Gasteiger charge is -2.50. The predicted molar refractivity (Wildman–Crippen MR) is 128 cm³/mol. The van der Waals surface area contributed by atoms with E-state index in [1.54, 1.807) is 0 Å². The summed E-state index contributed by atoms with van der Waals surface area (Å²) in [4.78, 5) is 46.6. The number of aliphatic hydroxyl groups is 1. The van der Waals surface area contributed by atoms with Gasteiger partial charge in [0.05, 0.1) is 18.7 Å². The van der Waals surface area contributed by atoms with E-state index < -0.39 is 29.6 Å². The number of likely N-dealkylation sites (tertiary alicyclic amines) is 1. The fraction of sp³-hybridized carbons (Fsp3) is 0.423. The molecule has 9 nitrogen and oxygen atoms in total. The molecule has 1 spiro atoms. The van der Waals surface area contributed by atoms with Crippen molar-refractivity contribution < 1.29 is 24.3 Å². The normalized spacial score (nSPS) is 23.6. The molecule has 0 bridgehead atoms. The molecule has 4 rings (SSSR count). The predicted octanol–water partition coefficient (Wildman–Crippen LogP) is 0.975. The lowest BCUT2D eigenvalue weighted by Crippen LogP contribution is -2.73. The number of benzene rings is 2. The molecule has 2 saturated heterocycles. The van der Waals surface area contributed by atoms with E-state index in [0.717, 1.165) is 11.1 Å². The van der Waals surface area contributed by atoms with Crippen molar-refractivity contribution in [3.8, 4) is 0 Å². The summed E-state index contributed by atoms with van der Waals surface area (Å²) < 4.78 is 0. The summed E-state index contributed by atoms with van der Waals surface area (Å²) in [7, 11) is 1.45. The Hall–Kier alpha value is -3.27. The van der Waals surface area contributed by atoms with Crippen LogP contribution in [0.25, 0.3) is 0 Å². The van der Waals surface area contributed by atoms with Crippen LogP contribution in [0.3, 0.4) is 0 Å². The molecule has 4 atom stereocenters. The number of β-lactam (4-membered cyclic amide) rings is 1. The highest BCUT2D eigenvalue weighted by Crippen LogP contribution is 2.43. The van der Waals surface area contributed by atoms with E-state index in [0.29, 0.717) is 25.9 Å². The minimum atomic E-state index is -1.08. The third-order valence-electron chi connectivity index (χ3n) is 6.82. The second-order valence-electron chi connectivity index (χ2n) is 9.14. The minimum Gasteiger partial charge on any atom is -0.391 e. The molecule has 0 radical (unpaired) electrons. The van der Waals surface area contributed by atoms with E-state index in [-0.39, 0.29) is 18.4 Å².